The van der Waals surface area contributed by atoms with Gasteiger partial charge in [-0.3, -0.25) is 0 Å². The minimum Gasteiger partial charge on any atom is -0.0991 e. The van der Waals surface area contributed by atoms with Crippen LogP contribution in [0.5, 0.6) is 0 Å². The summed E-state index contributed by atoms with van der Waals surface area (Å²) in [7, 11) is 0. The Morgan fingerprint density at radius 3 is 1.72 bits per heavy atom. The summed E-state index contributed by atoms with van der Waals surface area (Å²) in [5, 5.41) is 0. The van der Waals surface area contributed by atoms with Crippen LogP contribution in [0.25, 0.3) is 11.1 Å². The molecule has 0 heterocycles. The average molecular weight is 377 g/mol. The zero-order valence-electron chi connectivity index (χ0n) is 17.5. The van der Waals surface area contributed by atoms with E-state index >= 15 is 0 Å². The number of benzene rings is 3. The highest BCUT2D eigenvalue weighted by atomic mass is 14.2. The maximum Gasteiger partial charge on any atom is -0.00328 e. The van der Waals surface area contributed by atoms with Gasteiger partial charge in [-0.25, -0.2) is 0 Å². The normalized spacial score (nSPS) is 12.7. The van der Waals surface area contributed by atoms with E-state index in [4.69, 9.17) is 0 Å². The third-order valence-corrected chi connectivity index (χ3v) is 4.93. The Morgan fingerprint density at radius 2 is 1.17 bits per heavy atom. The van der Waals surface area contributed by atoms with E-state index in [0.29, 0.717) is 0 Å². The van der Waals surface area contributed by atoms with E-state index in [1.807, 2.05) is 12.2 Å². The molecule has 0 saturated carbocycles. The van der Waals surface area contributed by atoms with Crippen molar-refractivity contribution in [2.45, 2.75) is 20.8 Å². The first kappa shape index (κ1) is 20.4. The van der Waals surface area contributed by atoms with E-state index in [0.717, 1.165) is 0 Å². The Bertz CT molecular complexity index is 1040. The van der Waals surface area contributed by atoms with Gasteiger partial charge < -0.3 is 0 Å². The van der Waals surface area contributed by atoms with Crippen molar-refractivity contribution in [3.05, 3.63) is 143 Å². The van der Waals surface area contributed by atoms with Crippen LogP contribution >= 0.6 is 0 Å². The molecule has 0 bridgehead atoms. The molecule has 144 valence electrons. The molecule has 0 heteroatoms. The van der Waals surface area contributed by atoms with Crippen LogP contribution in [0.2, 0.25) is 0 Å². The minimum atomic E-state index is 1.17. The highest BCUT2D eigenvalue weighted by molar-refractivity contribution is 6.02. The van der Waals surface area contributed by atoms with Crippen molar-refractivity contribution in [2.24, 2.45) is 0 Å². The lowest BCUT2D eigenvalue weighted by Gasteiger charge is -2.15. The van der Waals surface area contributed by atoms with Gasteiger partial charge in [0, 0.05) is 0 Å². The number of aryl methyl sites for hydroxylation is 2. The number of hydrogen-bond donors (Lipinski definition) is 0. The molecule has 0 nitrogen and oxygen atoms in total. The van der Waals surface area contributed by atoms with Crippen LogP contribution in [-0.4, -0.2) is 0 Å². The molecular weight excluding hydrogens is 348 g/mol. The summed E-state index contributed by atoms with van der Waals surface area (Å²) in [6.45, 7) is 10.2. The van der Waals surface area contributed by atoms with Crippen molar-refractivity contribution in [3.8, 4) is 0 Å². The summed E-state index contributed by atoms with van der Waals surface area (Å²) >= 11 is 0. The zero-order valence-corrected chi connectivity index (χ0v) is 17.5. The van der Waals surface area contributed by atoms with Gasteiger partial charge in [-0.1, -0.05) is 126 Å². The minimum absolute atomic E-state index is 1.17. The topological polar surface area (TPSA) is 0 Å². The Kier molecular flexibility index (Phi) is 6.81. The highest BCUT2D eigenvalue weighted by Gasteiger charge is 2.12. The van der Waals surface area contributed by atoms with Crippen LogP contribution in [-0.2, 0) is 0 Å². The summed E-state index contributed by atoms with van der Waals surface area (Å²) in [5.74, 6) is 0. The molecule has 3 aromatic carbocycles. The van der Waals surface area contributed by atoms with Crippen molar-refractivity contribution in [1.29, 1.82) is 0 Å². The molecule has 0 N–H and O–H groups in total. The van der Waals surface area contributed by atoms with Crippen LogP contribution in [0, 0.1) is 13.8 Å². The smallest absolute Gasteiger partial charge is 0.00328 e. The van der Waals surface area contributed by atoms with Crippen LogP contribution < -0.4 is 0 Å². The number of hydrogen-bond acceptors (Lipinski definition) is 0. The second-order valence-corrected chi connectivity index (χ2v) is 7.37. The van der Waals surface area contributed by atoms with E-state index < -0.39 is 0 Å². The van der Waals surface area contributed by atoms with Gasteiger partial charge in [0.2, 0.25) is 0 Å². The third-order valence-electron chi connectivity index (χ3n) is 4.93. The Labute approximate surface area is 175 Å². The summed E-state index contributed by atoms with van der Waals surface area (Å²) in [6, 6.07) is 28.2. The van der Waals surface area contributed by atoms with Gasteiger partial charge in [0.25, 0.3) is 0 Å². The van der Waals surface area contributed by atoms with Gasteiger partial charge in [0.05, 0.1) is 0 Å². The highest BCUT2D eigenvalue weighted by Crippen LogP contribution is 2.33. The second-order valence-electron chi connectivity index (χ2n) is 7.37. The molecule has 29 heavy (non-hydrogen) atoms. The molecule has 0 aliphatic carbocycles. The predicted octanol–water partition coefficient (Wildman–Crippen LogP) is 7.95. The maximum absolute atomic E-state index is 3.81. The van der Waals surface area contributed by atoms with Gasteiger partial charge in [0.15, 0.2) is 0 Å². The van der Waals surface area contributed by atoms with Crippen LogP contribution in [0.1, 0.15) is 34.7 Å². The molecule has 0 fully saturated rings. The van der Waals surface area contributed by atoms with Crippen LogP contribution in [0.15, 0.2) is 115 Å². The second kappa shape index (κ2) is 9.71. The van der Waals surface area contributed by atoms with Crippen molar-refractivity contribution in [3.63, 3.8) is 0 Å². The number of rotatable bonds is 6. The lowest BCUT2D eigenvalue weighted by molar-refractivity contribution is 1.43. The molecule has 0 aliphatic rings. The predicted molar refractivity (Wildman–Crippen MR) is 128 cm³/mol. The molecule has 0 radical (unpaired) electrons. The van der Waals surface area contributed by atoms with Crippen molar-refractivity contribution in [2.75, 3.05) is 0 Å². The number of allylic oxidation sites excluding steroid dienone is 6. The van der Waals surface area contributed by atoms with Gasteiger partial charge in [-0.15, -0.1) is 0 Å². The molecule has 0 amide bonds. The summed E-state index contributed by atoms with van der Waals surface area (Å²) in [5.41, 5.74) is 9.76. The van der Waals surface area contributed by atoms with E-state index in [2.05, 4.69) is 118 Å². The summed E-state index contributed by atoms with van der Waals surface area (Å²) < 4.78 is 0. The van der Waals surface area contributed by atoms with Gasteiger partial charge in [-0.05, 0) is 48.6 Å². The SMILES string of the molecule is C=C\C=C(C)/C=C\C(=C(/c1ccccc1)c1ccc(C)cc1)c1ccc(C)cc1. The van der Waals surface area contributed by atoms with Gasteiger partial charge >= 0.3 is 0 Å². The molecule has 3 aromatic rings. The third kappa shape index (κ3) is 5.33. The molecule has 0 aromatic heterocycles. The fourth-order valence-electron chi connectivity index (χ4n) is 3.32. The molecule has 3 rings (SSSR count). The van der Waals surface area contributed by atoms with Crippen molar-refractivity contribution >= 4 is 11.1 Å². The van der Waals surface area contributed by atoms with Crippen molar-refractivity contribution in [1.82, 2.24) is 0 Å². The quantitative estimate of drug-likeness (QED) is 0.302. The molecule has 0 spiro atoms. The van der Waals surface area contributed by atoms with Crippen LogP contribution in [0.3, 0.4) is 0 Å². The van der Waals surface area contributed by atoms with E-state index in [9.17, 15) is 0 Å². The summed E-state index contributed by atoms with van der Waals surface area (Å²) in [4.78, 5) is 0. The fraction of sp³-hybridized carbons (Fsp3) is 0.103. The largest absolute Gasteiger partial charge is 0.0991 e. The standard InChI is InChI=1S/C29H28/c1-5-9-22(2)16-21-28(25-17-12-23(3)13-18-25)29(26-10-7-6-8-11-26)27-19-14-24(4)15-20-27/h5-21H,1H2,2-4H3/b21-16-,22-9-,29-28-. The molecule has 0 unspecified atom stereocenters. The van der Waals surface area contributed by atoms with E-state index in [1.54, 1.807) is 0 Å². The summed E-state index contributed by atoms with van der Waals surface area (Å²) in [6.07, 6.45) is 8.24. The lowest BCUT2D eigenvalue weighted by atomic mass is 9.88. The first-order valence-electron chi connectivity index (χ1n) is 9.99. The molecular formula is C29H28. The van der Waals surface area contributed by atoms with E-state index in [1.165, 1.54) is 44.5 Å². The monoisotopic (exact) mass is 376 g/mol. The maximum atomic E-state index is 3.81. The van der Waals surface area contributed by atoms with E-state index in [-0.39, 0.29) is 0 Å². The average Bonchev–Trinajstić information content (AvgIpc) is 2.74. The van der Waals surface area contributed by atoms with Crippen LogP contribution in [0.4, 0.5) is 0 Å². The van der Waals surface area contributed by atoms with Gasteiger partial charge in [-0.2, -0.15) is 0 Å². The Hall–Kier alpha value is -3.38. The fourth-order valence-corrected chi connectivity index (χ4v) is 3.32. The molecule has 0 saturated heterocycles. The first-order chi connectivity index (χ1) is 14.1. The Balaban J connectivity index is 2.31. The first-order valence-corrected chi connectivity index (χ1v) is 9.99. The Morgan fingerprint density at radius 1 is 0.655 bits per heavy atom. The zero-order chi connectivity index (χ0) is 20.6. The molecule has 0 atom stereocenters. The molecule has 0 aliphatic heterocycles. The van der Waals surface area contributed by atoms with Gasteiger partial charge in [0.1, 0.15) is 0 Å². The van der Waals surface area contributed by atoms with Crippen molar-refractivity contribution < 1.29 is 0 Å². The lowest BCUT2D eigenvalue weighted by Crippen LogP contribution is -1.94.